The zero-order chi connectivity index (χ0) is 9.60. The molecule has 3 rings (SSSR count). The van der Waals surface area contributed by atoms with Gasteiger partial charge in [0.05, 0.1) is 13.2 Å². The fraction of sp³-hybridized carbons (Fsp3) is 0.400. The molecule has 4 nitrogen and oxygen atoms in total. The molecule has 74 valence electrons. The smallest absolute Gasteiger partial charge is 0.231 e. The summed E-state index contributed by atoms with van der Waals surface area (Å²) in [5, 5.41) is 9.99. The number of ether oxygens (including phenoxy) is 3. The first-order valence-electron chi connectivity index (χ1n) is 4.48. The Hall–Kier alpha value is -1.26. The quantitative estimate of drug-likeness (QED) is 0.712. The summed E-state index contributed by atoms with van der Waals surface area (Å²) in [6.07, 6.45) is 0. The van der Waals surface area contributed by atoms with Crippen molar-refractivity contribution in [1.29, 1.82) is 0 Å². The van der Waals surface area contributed by atoms with Gasteiger partial charge in [0.25, 0.3) is 0 Å². The van der Waals surface area contributed by atoms with Crippen LogP contribution < -0.4 is 9.47 Å². The fourth-order valence-electron chi connectivity index (χ4n) is 1.65. The van der Waals surface area contributed by atoms with Gasteiger partial charge in [0.1, 0.15) is 5.60 Å². The van der Waals surface area contributed by atoms with Crippen molar-refractivity contribution < 1.29 is 19.3 Å². The van der Waals surface area contributed by atoms with Crippen LogP contribution in [0.15, 0.2) is 18.2 Å². The largest absolute Gasteiger partial charge is 0.454 e. The minimum Gasteiger partial charge on any atom is -0.454 e. The van der Waals surface area contributed by atoms with Gasteiger partial charge >= 0.3 is 0 Å². The van der Waals surface area contributed by atoms with Crippen molar-refractivity contribution in [3.63, 3.8) is 0 Å². The zero-order valence-electron chi connectivity index (χ0n) is 7.53. The Kier molecular flexibility index (Phi) is 1.51. The normalized spacial score (nSPS) is 21.8. The van der Waals surface area contributed by atoms with Crippen LogP contribution >= 0.6 is 0 Å². The summed E-state index contributed by atoms with van der Waals surface area (Å²) in [6.45, 7) is 0.965. The Morgan fingerprint density at radius 2 is 1.93 bits per heavy atom. The third-order valence-corrected chi connectivity index (χ3v) is 2.59. The van der Waals surface area contributed by atoms with E-state index in [1.54, 1.807) is 0 Å². The van der Waals surface area contributed by atoms with Crippen LogP contribution in [-0.2, 0) is 10.3 Å². The van der Waals surface area contributed by atoms with Gasteiger partial charge in [0.2, 0.25) is 6.79 Å². The maximum atomic E-state index is 9.99. The maximum Gasteiger partial charge on any atom is 0.231 e. The molecule has 1 fully saturated rings. The molecule has 0 atom stereocenters. The molecule has 0 spiro atoms. The minimum atomic E-state index is -0.832. The zero-order valence-corrected chi connectivity index (χ0v) is 7.53. The van der Waals surface area contributed by atoms with Crippen molar-refractivity contribution in [2.45, 2.75) is 5.60 Å². The molecule has 0 aliphatic carbocycles. The molecule has 0 saturated carbocycles. The van der Waals surface area contributed by atoms with Crippen LogP contribution in [0.4, 0.5) is 0 Å². The Bertz CT molecular complexity index is 370. The lowest BCUT2D eigenvalue weighted by Gasteiger charge is -2.36. The summed E-state index contributed by atoms with van der Waals surface area (Å²) < 4.78 is 15.4. The van der Waals surface area contributed by atoms with Gasteiger partial charge in [-0.3, -0.25) is 0 Å². The Morgan fingerprint density at radius 3 is 2.64 bits per heavy atom. The molecule has 0 radical (unpaired) electrons. The molecule has 2 heterocycles. The molecule has 1 aromatic carbocycles. The highest BCUT2D eigenvalue weighted by atomic mass is 16.7. The second-order valence-electron chi connectivity index (χ2n) is 3.59. The van der Waals surface area contributed by atoms with Crippen molar-refractivity contribution in [3.8, 4) is 11.5 Å². The van der Waals surface area contributed by atoms with E-state index in [1.807, 2.05) is 18.2 Å². The van der Waals surface area contributed by atoms with Crippen LogP contribution in [0, 0.1) is 0 Å². The lowest BCUT2D eigenvalue weighted by Crippen LogP contribution is -2.46. The van der Waals surface area contributed by atoms with Gasteiger partial charge in [-0.2, -0.15) is 0 Å². The van der Waals surface area contributed by atoms with E-state index in [4.69, 9.17) is 14.2 Å². The topological polar surface area (TPSA) is 47.9 Å². The van der Waals surface area contributed by atoms with Gasteiger partial charge in [0.15, 0.2) is 11.5 Å². The maximum absolute atomic E-state index is 9.99. The average molecular weight is 194 g/mol. The number of benzene rings is 1. The van der Waals surface area contributed by atoms with Crippen LogP contribution in [0.1, 0.15) is 5.56 Å². The van der Waals surface area contributed by atoms with E-state index in [9.17, 15) is 5.11 Å². The Morgan fingerprint density at radius 1 is 1.14 bits per heavy atom. The molecule has 2 aliphatic heterocycles. The number of hydrogen-bond donors (Lipinski definition) is 1. The first-order valence-corrected chi connectivity index (χ1v) is 4.48. The highest BCUT2D eigenvalue weighted by Gasteiger charge is 2.38. The molecule has 14 heavy (non-hydrogen) atoms. The van der Waals surface area contributed by atoms with Gasteiger partial charge in [-0.1, -0.05) is 6.07 Å². The van der Waals surface area contributed by atoms with Crippen molar-refractivity contribution >= 4 is 0 Å². The van der Waals surface area contributed by atoms with E-state index in [2.05, 4.69) is 0 Å². The number of rotatable bonds is 1. The Balaban J connectivity index is 2.00. The predicted molar refractivity (Wildman–Crippen MR) is 47.3 cm³/mol. The van der Waals surface area contributed by atoms with Crippen LogP contribution in [0.3, 0.4) is 0 Å². The fourth-order valence-corrected chi connectivity index (χ4v) is 1.65. The van der Waals surface area contributed by atoms with Crippen LogP contribution in [0.2, 0.25) is 0 Å². The molecule has 0 amide bonds. The minimum absolute atomic E-state index is 0.258. The molecule has 0 aromatic heterocycles. The van der Waals surface area contributed by atoms with E-state index in [1.165, 1.54) is 0 Å². The van der Waals surface area contributed by atoms with Crippen molar-refractivity contribution in [3.05, 3.63) is 23.8 Å². The van der Waals surface area contributed by atoms with Crippen molar-refractivity contribution in [1.82, 2.24) is 0 Å². The van der Waals surface area contributed by atoms with E-state index >= 15 is 0 Å². The third kappa shape index (κ3) is 1.01. The van der Waals surface area contributed by atoms with E-state index in [0.29, 0.717) is 19.0 Å². The molecule has 4 heteroatoms. The second kappa shape index (κ2) is 2.62. The van der Waals surface area contributed by atoms with E-state index < -0.39 is 5.60 Å². The number of aliphatic hydroxyl groups is 1. The lowest BCUT2D eigenvalue weighted by molar-refractivity contribution is -0.184. The molecule has 0 unspecified atom stereocenters. The molecule has 1 N–H and O–H groups in total. The van der Waals surface area contributed by atoms with Crippen molar-refractivity contribution in [2.75, 3.05) is 20.0 Å². The summed E-state index contributed by atoms with van der Waals surface area (Å²) in [6, 6.07) is 5.47. The second-order valence-corrected chi connectivity index (χ2v) is 3.59. The standard InChI is InChI=1S/C10H10O4/c11-10(4-12-5-10)7-1-2-8-9(3-7)14-6-13-8/h1-3,11H,4-6H2. The van der Waals surface area contributed by atoms with E-state index in [-0.39, 0.29) is 6.79 Å². The van der Waals surface area contributed by atoms with Crippen molar-refractivity contribution in [2.24, 2.45) is 0 Å². The molecular weight excluding hydrogens is 184 g/mol. The molecule has 1 saturated heterocycles. The van der Waals surface area contributed by atoms with Crippen LogP contribution in [0.5, 0.6) is 11.5 Å². The molecule has 1 aromatic rings. The average Bonchev–Trinajstić information content (AvgIpc) is 2.60. The Labute approximate surface area is 81.0 Å². The summed E-state index contributed by atoms with van der Waals surface area (Å²) in [5.41, 5.74) is -0.00551. The van der Waals surface area contributed by atoms with Gasteiger partial charge in [-0.15, -0.1) is 0 Å². The first-order chi connectivity index (χ1) is 6.78. The number of fused-ring (bicyclic) bond motifs is 1. The first kappa shape index (κ1) is 8.08. The molecule has 2 aliphatic rings. The monoisotopic (exact) mass is 194 g/mol. The molecular formula is C10H10O4. The summed E-state index contributed by atoms with van der Waals surface area (Å²) in [5.74, 6) is 1.43. The predicted octanol–water partition coefficient (Wildman–Crippen LogP) is 0.633. The van der Waals surface area contributed by atoms with Gasteiger partial charge in [-0.05, 0) is 17.7 Å². The SMILES string of the molecule is OC1(c2ccc3c(c2)OCO3)COC1. The van der Waals surface area contributed by atoms with Gasteiger partial charge < -0.3 is 19.3 Å². The summed E-state index contributed by atoms with van der Waals surface area (Å²) >= 11 is 0. The highest BCUT2D eigenvalue weighted by molar-refractivity contribution is 5.46. The lowest BCUT2D eigenvalue weighted by atomic mass is 9.92. The van der Waals surface area contributed by atoms with Gasteiger partial charge in [-0.25, -0.2) is 0 Å². The van der Waals surface area contributed by atoms with Crippen LogP contribution in [0.25, 0.3) is 0 Å². The van der Waals surface area contributed by atoms with E-state index in [0.717, 1.165) is 11.3 Å². The molecule has 0 bridgehead atoms. The number of hydrogen-bond acceptors (Lipinski definition) is 4. The highest BCUT2D eigenvalue weighted by Crippen LogP contribution is 2.37. The summed E-state index contributed by atoms with van der Waals surface area (Å²) in [4.78, 5) is 0. The third-order valence-electron chi connectivity index (χ3n) is 2.59. The summed E-state index contributed by atoms with van der Waals surface area (Å²) in [7, 11) is 0. The van der Waals surface area contributed by atoms with Crippen LogP contribution in [-0.4, -0.2) is 25.1 Å². The van der Waals surface area contributed by atoms with Gasteiger partial charge in [0, 0.05) is 0 Å².